The van der Waals surface area contributed by atoms with Gasteiger partial charge in [0.15, 0.2) is 6.61 Å². The highest BCUT2D eigenvalue weighted by Crippen LogP contribution is 2.28. The molecule has 10 nitrogen and oxygen atoms in total. The number of hydrogen-bond donors (Lipinski definition) is 1. The molecule has 0 aromatic heterocycles. The van der Waals surface area contributed by atoms with Crippen LogP contribution in [0.2, 0.25) is 0 Å². The first kappa shape index (κ1) is 23.5. The summed E-state index contributed by atoms with van der Waals surface area (Å²) in [6.07, 6.45) is -1.01. The van der Waals surface area contributed by atoms with Crippen LogP contribution in [-0.4, -0.2) is 87.1 Å². The van der Waals surface area contributed by atoms with E-state index in [1.54, 1.807) is 17.0 Å². The van der Waals surface area contributed by atoms with Crippen molar-refractivity contribution in [3.05, 3.63) is 24.0 Å². The van der Waals surface area contributed by atoms with Crippen molar-refractivity contribution < 1.29 is 33.0 Å². The molecule has 0 saturated carbocycles. The minimum Gasteiger partial charge on any atom is -0.474 e. The number of amides is 2. The number of methoxy groups -OCH3 is 1. The molecule has 0 radical (unpaired) electrons. The molecule has 174 valence electrons. The van der Waals surface area contributed by atoms with E-state index < -0.39 is 24.0 Å². The second kappa shape index (κ2) is 10.4. The zero-order valence-electron chi connectivity index (χ0n) is 17.8. The number of carbonyl (C=O) groups excluding carboxylic acids is 3. The highest BCUT2D eigenvalue weighted by Gasteiger charge is 2.33. The first-order chi connectivity index (χ1) is 15.3. The van der Waals surface area contributed by atoms with E-state index in [0.29, 0.717) is 37.6 Å². The van der Waals surface area contributed by atoms with E-state index >= 15 is 0 Å². The fourth-order valence-electron chi connectivity index (χ4n) is 3.48. The highest BCUT2D eigenvalue weighted by molar-refractivity contribution is 7.80. The Balaban J connectivity index is 1.57. The van der Waals surface area contributed by atoms with Crippen LogP contribution in [0.3, 0.4) is 0 Å². The quantitative estimate of drug-likeness (QED) is 0.482. The maximum atomic E-state index is 14.9. The lowest BCUT2D eigenvalue weighted by Gasteiger charge is -2.36. The molecule has 0 unspecified atom stereocenters. The number of anilines is 2. The predicted octanol–water partition coefficient (Wildman–Crippen LogP) is 0.884. The smallest absolute Gasteiger partial charge is 0.414 e. The van der Waals surface area contributed by atoms with Crippen LogP contribution in [0.25, 0.3) is 0 Å². The summed E-state index contributed by atoms with van der Waals surface area (Å²) >= 11 is 4.90. The maximum Gasteiger partial charge on any atom is 0.414 e. The zero-order valence-corrected chi connectivity index (χ0v) is 18.7. The van der Waals surface area contributed by atoms with Gasteiger partial charge < -0.3 is 29.3 Å². The molecule has 2 aliphatic heterocycles. The molecule has 32 heavy (non-hydrogen) atoms. The number of thiocarbonyl (C=S) groups is 1. The summed E-state index contributed by atoms with van der Waals surface area (Å²) in [5.74, 6) is -1.27. The average Bonchev–Trinajstić information content (AvgIpc) is 3.16. The van der Waals surface area contributed by atoms with Gasteiger partial charge in [-0.15, -0.1) is 0 Å². The number of nitrogens with zero attached hydrogens (tertiary/aromatic N) is 3. The fraction of sp³-hybridized carbons (Fsp3) is 0.500. The van der Waals surface area contributed by atoms with Crippen LogP contribution in [0.4, 0.5) is 20.6 Å². The summed E-state index contributed by atoms with van der Waals surface area (Å²) in [5, 5.41) is 3.02. The monoisotopic (exact) mass is 468 g/mol. The van der Waals surface area contributed by atoms with Crippen molar-refractivity contribution in [2.24, 2.45) is 0 Å². The lowest BCUT2D eigenvalue weighted by molar-refractivity contribution is -0.150. The number of cyclic esters (lactones) is 1. The second-order valence-electron chi connectivity index (χ2n) is 7.27. The van der Waals surface area contributed by atoms with Gasteiger partial charge in [-0.3, -0.25) is 14.5 Å². The van der Waals surface area contributed by atoms with E-state index in [-0.39, 0.29) is 30.8 Å². The van der Waals surface area contributed by atoms with Crippen LogP contribution in [-0.2, 0) is 23.8 Å². The van der Waals surface area contributed by atoms with Gasteiger partial charge in [0.25, 0.3) is 11.1 Å². The van der Waals surface area contributed by atoms with Gasteiger partial charge in [0.2, 0.25) is 0 Å². The van der Waals surface area contributed by atoms with Crippen molar-refractivity contribution >= 4 is 46.7 Å². The van der Waals surface area contributed by atoms with Crippen molar-refractivity contribution in [3.63, 3.8) is 0 Å². The number of carbonyl (C=O) groups is 3. The van der Waals surface area contributed by atoms with Crippen LogP contribution in [0.1, 0.15) is 6.92 Å². The molecule has 1 aromatic rings. The van der Waals surface area contributed by atoms with E-state index in [9.17, 15) is 18.8 Å². The summed E-state index contributed by atoms with van der Waals surface area (Å²) in [4.78, 5) is 39.9. The number of ether oxygens (including phenoxy) is 3. The molecule has 0 spiro atoms. The molecular formula is C20H25FN4O6S. The second-order valence-corrected chi connectivity index (χ2v) is 7.64. The van der Waals surface area contributed by atoms with Crippen LogP contribution >= 0.6 is 12.2 Å². The van der Waals surface area contributed by atoms with Crippen LogP contribution in [0.15, 0.2) is 18.2 Å². The van der Waals surface area contributed by atoms with Crippen LogP contribution < -0.4 is 15.1 Å². The standard InChI is InChI=1S/C20H25FN4O6S/c1-13(26)30-12-18(27)24-7-5-23(6-8-24)17-4-3-14(9-16(17)21)25-11-15(31-20(25)28)10-22-19(32)29-2/h3-4,9,15H,5-8,10-12H2,1-2H3,(H,22,32)/t15-/m0/s1. The number of benzene rings is 1. The number of halogens is 1. The average molecular weight is 469 g/mol. The van der Waals surface area contributed by atoms with Gasteiger partial charge in [-0.2, -0.15) is 0 Å². The van der Waals surface area contributed by atoms with E-state index in [0.717, 1.165) is 0 Å². The van der Waals surface area contributed by atoms with E-state index in [2.05, 4.69) is 5.32 Å². The Hall–Kier alpha value is -3.15. The normalized spacial score (nSPS) is 18.3. The molecule has 1 atom stereocenters. The molecule has 1 N–H and O–H groups in total. The van der Waals surface area contributed by atoms with Crippen LogP contribution in [0, 0.1) is 5.82 Å². The Bertz CT molecular complexity index is 893. The number of rotatable bonds is 6. The van der Waals surface area contributed by atoms with E-state index in [4.69, 9.17) is 26.4 Å². The summed E-state index contributed by atoms with van der Waals surface area (Å²) in [6, 6.07) is 4.57. The minimum atomic E-state index is -0.563. The molecule has 12 heteroatoms. The van der Waals surface area contributed by atoms with Gasteiger partial charge in [0.1, 0.15) is 11.9 Å². The SMILES string of the molecule is COC(=S)NC[C@H]1CN(c2ccc(N3CCN(C(=O)COC(C)=O)CC3)c(F)c2)C(=O)O1. The zero-order chi connectivity index (χ0) is 23.3. The number of nitrogens with one attached hydrogen (secondary N) is 1. The molecule has 2 aliphatic rings. The van der Waals surface area contributed by atoms with Gasteiger partial charge in [-0.05, 0) is 30.4 Å². The topological polar surface area (TPSA) is 101 Å². The molecule has 0 bridgehead atoms. The third kappa shape index (κ3) is 5.75. The number of hydrogen-bond acceptors (Lipinski definition) is 8. The Kier molecular flexibility index (Phi) is 7.67. The largest absolute Gasteiger partial charge is 0.474 e. The molecular weight excluding hydrogens is 443 g/mol. The number of esters is 1. The first-order valence-corrected chi connectivity index (χ1v) is 10.4. The lowest BCUT2D eigenvalue weighted by Crippen LogP contribution is -2.50. The van der Waals surface area contributed by atoms with Gasteiger partial charge in [-0.1, -0.05) is 0 Å². The van der Waals surface area contributed by atoms with Gasteiger partial charge in [-0.25, -0.2) is 9.18 Å². The first-order valence-electron chi connectivity index (χ1n) is 10.0. The third-order valence-electron chi connectivity index (χ3n) is 5.15. The lowest BCUT2D eigenvalue weighted by atomic mass is 10.2. The summed E-state index contributed by atoms with van der Waals surface area (Å²) < 4.78 is 29.7. The third-order valence-corrected chi connectivity index (χ3v) is 5.46. The summed E-state index contributed by atoms with van der Waals surface area (Å²) in [7, 11) is 1.44. The fourth-order valence-corrected chi connectivity index (χ4v) is 3.56. The Morgan fingerprint density at radius 3 is 2.62 bits per heavy atom. The van der Waals surface area contributed by atoms with Crippen molar-refractivity contribution in [2.75, 3.05) is 62.8 Å². The molecule has 2 heterocycles. The van der Waals surface area contributed by atoms with Crippen molar-refractivity contribution in [3.8, 4) is 0 Å². The van der Waals surface area contributed by atoms with Gasteiger partial charge in [0.05, 0.1) is 31.6 Å². The Morgan fingerprint density at radius 2 is 2.00 bits per heavy atom. The molecule has 2 amide bonds. The molecule has 2 fully saturated rings. The molecule has 3 rings (SSSR count). The van der Waals surface area contributed by atoms with Crippen LogP contribution in [0.5, 0.6) is 0 Å². The minimum absolute atomic E-state index is 0.197. The van der Waals surface area contributed by atoms with Crippen molar-refractivity contribution in [1.82, 2.24) is 10.2 Å². The van der Waals surface area contributed by atoms with E-state index in [1.807, 2.05) is 4.90 Å². The van der Waals surface area contributed by atoms with Gasteiger partial charge in [0, 0.05) is 33.1 Å². The van der Waals surface area contributed by atoms with E-state index in [1.165, 1.54) is 25.0 Å². The van der Waals surface area contributed by atoms with Crippen molar-refractivity contribution in [2.45, 2.75) is 13.0 Å². The number of piperazine rings is 1. The summed E-state index contributed by atoms with van der Waals surface area (Å²) in [6.45, 7) is 3.12. The molecule has 0 aliphatic carbocycles. The van der Waals surface area contributed by atoms with Gasteiger partial charge >= 0.3 is 12.1 Å². The summed E-state index contributed by atoms with van der Waals surface area (Å²) in [5.41, 5.74) is 0.778. The predicted molar refractivity (Wildman–Crippen MR) is 117 cm³/mol. The Labute approximate surface area is 190 Å². The van der Waals surface area contributed by atoms with Crippen molar-refractivity contribution in [1.29, 1.82) is 0 Å². The highest BCUT2D eigenvalue weighted by atomic mass is 32.1. The Morgan fingerprint density at radius 1 is 1.28 bits per heavy atom. The molecule has 2 saturated heterocycles. The maximum absolute atomic E-state index is 14.9. The molecule has 1 aromatic carbocycles.